The van der Waals surface area contributed by atoms with Crippen molar-refractivity contribution in [1.29, 1.82) is 0 Å². The highest BCUT2D eigenvalue weighted by Crippen LogP contribution is 2.25. The van der Waals surface area contributed by atoms with Crippen molar-refractivity contribution in [3.05, 3.63) is 0 Å². The number of nitrogens with zero attached hydrogens (tertiary/aromatic N) is 2. The molecule has 0 aromatic heterocycles. The fourth-order valence-corrected chi connectivity index (χ4v) is 3.58. The summed E-state index contributed by atoms with van der Waals surface area (Å²) >= 11 is 0. The summed E-state index contributed by atoms with van der Waals surface area (Å²) in [5, 5.41) is 9.49. The molecule has 3 nitrogen and oxygen atoms in total. The molecule has 1 saturated heterocycles. The van der Waals surface area contributed by atoms with Crippen LogP contribution in [-0.4, -0.2) is 59.8 Å². The molecule has 0 aromatic carbocycles. The zero-order valence-corrected chi connectivity index (χ0v) is 12.1. The Hall–Kier alpha value is -0.120. The molecule has 0 bridgehead atoms. The summed E-state index contributed by atoms with van der Waals surface area (Å²) in [4.78, 5) is 5.08. The van der Waals surface area contributed by atoms with Gasteiger partial charge in [-0.2, -0.15) is 0 Å². The average molecular weight is 254 g/mol. The van der Waals surface area contributed by atoms with Crippen molar-refractivity contribution >= 4 is 0 Å². The van der Waals surface area contributed by atoms with E-state index in [2.05, 4.69) is 16.7 Å². The van der Waals surface area contributed by atoms with Gasteiger partial charge in [0.05, 0.1) is 6.10 Å². The van der Waals surface area contributed by atoms with E-state index in [1.165, 1.54) is 51.7 Å². The van der Waals surface area contributed by atoms with Gasteiger partial charge in [0.2, 0.25) is 0 Å². The van der Waals surface area contributed by atoms with Crippen LogP contribution in [0.25, 0.3) is 0 Å². The van der Waals surface area contributed by atoms with Gasteiger partial charge < -0.3 is 10.0 Å². The van der Waals surface area contributed by atoms with E-state index >= 15 is 0 Å². The first-order valence-corrected chi connectivity index (χ1v) is 7.79. The van der Waals surface area contributed by atoms with Crippen LogP contribution in [-0.2, 0) is 0 Å². The van der Waals surface area contributed by atoms with Gasteiger partial charge in [0.1, 0.15) is 0 Å². The Kier molecular flexibility index (Phi) is 5.46. The highest BCUT2D eigenvalue weighted by atomic mass is 16.3. The lowest BCUT2D eigenvalue weighted by atomic mass is 9.88. The topological polar surface area (TPSA) is 26.7 Å². The molecule has 0 spiro atoms. The molecule has 1 aliphatic carbocycles. The normalized spacial score (nSPS) is 30.5. The van der Waals surface area contributed by atoms with Crippen molar-refractivity contribution < 1.29 is 5.11 Å². The maximum absolute atomic E-state index is 9.49. The van der Waals surface area contributed by atoms with Crippen molar-refractivity contribution in [3.63, 3.8) is 0 Å². The summed E-state index contributed by atoms with van der Waals surface area (Å²) in [5.41, 5.74) is 0. The van der Waals surface area contributed by atoms with Crippen LogP contribution < -0.4 is 0 Å². The lowest BCUT2D eigenvalue weighted by Gasteiger charge is -2.42. The summed E-state index contributed by atoms with van der Waals surface area (Å²) < 4.78 is 0. The zero-order valence-electron chi connectivity index (χ0n) is 12.1. The van der Waals surface area contributed by atoms with Crippen LogP contribution in [0.1, 0.15) is 46.0 Å². The highest BCUT2D eigenvalue weighted by molar-refractivity contribution is 4.82. The van der Waals surface area contributed by atoms with E-state index in [1.807, 2.05) is 6.92 Å². The van der Waals surface area contributed by atoms with Gasteiger partial charge in [-0.1, -0.05) is 19.3 Å². The van der Waals surface area contributed by atoms with Gasteiger partial charge in [0.15, 0.2) is 0 Å². The predicted molar refractivity (Wildman–Crippen MR) is 75.7 cm³/mol. The predicted octanol–water partition coefficient (Wildman–Crippen LogP) is 1.95. The van der Waals surface area contributed by atoms with Crippen molar-refractivity contribution in [2.75, 3.05) is 32.7 Å². The third kappa shape index (κ3) is 4.22. The largest absolute Gasteiger partial charge is 0.392 e. The second-order valence-corrected chi connectivity index (χ2v) is 6.46. The van der Waals surface area contributed by atoms with E-state index in [-0.39, 0.29) is 6.10 Å². The van der Waals surface area contributed by atoms with E-state index in [1.54, 1.807) is 0 Å². The minimum atomic E-state index is -0.197. The second kappa shape index (κ2) is 6.88. The van der Waals surface area contributed by atoms with E-state index < -0.39 is 0 Å². The molecule has 2 fully saturated rings. The Morgan fingerprint density at radius 2 is 1.89 bits per heavy atom. The van der Waals surface area contributed by atoms with Crippen LogP contribution >= 0.6 is 0 Å². The monoisotopic (exact) mass is 254 g/mol. The zero-order chi connectivity index (χ0) is 13.0. The molecule has 18 heavy (non-hydrogen) atoms. The maximum atomic E-state index is 9.49. The number of hydrogen-bond donors (Lipinski definition) is 1. The molecule has 0 unspecified atom stereocenters. The van der Waals surface area contributed by atoms with E-state index in [0.29, 0.717) is 6.04 Å². The van der Waals surface area contributed by atoms with Gasteiger partial charge in [-0.15, -0.1) is 0 Å². The molecule has 0 radical (unpaired) electrons. The van der Waals surface area contributed by atoms with Crippen LogP contribution in [0.3, 0.4) is 0 Å². The summed E-state index contributed by atoms with van der Waals surface area (Å²) in [5.74, 6) is 0.953. The van der Waals surface area contributed by atoms with Gasteiger partial charge in [0.25, 0.3) is 0 Å². The molecule has 3 heteroatoms. The fraction of sp³-hybridized carbons (Fsp3) is 1.00. The van der Waals surface area contributed by atoms with Crippen LogP contribution in [0.2, 0.25) is 0 Å². The standard InChI is InChI=1S/C15H30N2O/c1-13-10-16(8-9-17(13)11-14(2)18)12-15-6-4-3-5-7-15/h13-15,18H,3-12H2,1-2H3/t13-,14+/m1/s1. The lowest BCUT2D eigenvalue weighted by Crippen LogP contribution is -2.54. The summed E-state index contributed by atoms with van der Waals surface area (Å²) in [7, 11) is 0. The first-order chi connectivity index (χ1) is 8.65. The summed E-state index contributed by atoms with van der Waals surface area (Å²) in [6, 6.07) is 0.594. The van der Waals surface area contributed by atoms with E-state index in [0.717, 1.165) is 19.0 Å². The molecule has 0 amide bonds. The van der Waals surface area contributed by atoms with Crippen molar-refractivity contribution in [2.24, 2.45) is 5.92 Å². The third-order valence-electron chi connectivity index (χ3n) is 4.59. The Balaban J connectivity index is 1.73. The van der Waals surface area contributed by atoms with Crippen LogP contribution in [0, 0.1) is 5.92 Å². The highest BCUT2D eigenvalue weighted by Gasteiger charge is 2.26. The Labute approximate surface area is 112 Å². The first kappa shape index (κ1) is 14.3. The molecule has 2 rings (SSSR count). The fourth-order valence-electron chi connectivity index (χ4n) is 3.58. The number of aliphatic hydroxyl groups is 1. The molecule has 106 valence electrons. The van der Waals surface area contributed by atoms with Gasteiger partial charge in [-0.3, -0.25) is 4.90 Å². The van der Waals surface area contributed by atoms with E-state index in [4.69, 9.17) is 0 Å². The number of piperazine rings is 1. The SMILES string of the molecule is C[C@H](O)CN1CCN(CC2CCCCC2)C[C@H]1C. The quantitative estimate of drug-likeness (QED) is 0.831. The minimum Gasteiger partial charge on any atom is -0.392 e. The van der Waals surface area contributed by atoms with Crippen LogP contribution in [0.15, 0.2) is 0 Å². The van der Waals surface area contributed by atoms with Crippen molar-refractivity contribution in [2.45, 2.75) is 58.1 Å². The summed E-state index contributed by atoms with van der Waals surface area (Å²) in [6.07, 6.45) is 7.04. The van der Waals surface area contributed by atoms with Gasteiger partial charge in [-0.25, -0.2) is 0 Å². The van der Waals surface area contributed by atoms with Crippen molar-refractivity contribution in [1.82, 2.24) is 9.80 Å². The minimum absolute atomic E-state index is 0.197. The average Bonchev–Trinajstić information content (AvgIpc) is 2.33. The molecule has 0 aromatic rings. The molecule has 1 heterocycles. The van der Waals surface area contributed by atoms with Gasteiger partial charge in [0, 0.05) is 38.8 Å². The van der Waals surface area contributed by atoms with Gasteiger partial charge in [-0.05, 0) is 32.6 Å². The van der Waals surface area contributed by atoms with E-state index in [9.17, 15) is 5.11 Å². The molecule has 2 aliphatic rings. The maximum Gasteiger partial charge on any atom is 0.0639 e. The van der Waals surface area contributed by atoms with Crippen LogP contribution in [0.5, 0.6) is 0 Å². The molecule has 1 saturated carbocycles. The molecule has 1 aliphatic heterocycles. The molecule has 1 N–H and O–H groups in total. The number of aliphatic hydroxyl groups excluding tert-OH is 1. The molecular weight excluding hydrogens is 224 g/mol. The summed E-state index contributed by atoms with van der Waals surface area (Å²) in [6.45, 7) is 9.83. The second-order valence-electron chi connectivity index (χ2n) is 6.46. The van der Waals surface area contributed by atoms with Crippen molar-refractivity contribution in [3.8, 4) is 0 Å². The Morgan fingerprint density at radius 1 is 1.17 bits per heavy atom. The smallest absolute Gasteiger partial charge is 0.0639 e. The lowest BCUT2D eigenvalue weighted by molar-refractivity contribution is 0.0368. The number of hydrogen-bond acceptors (Lipinski definition) is 3. The van der Waals surface area contributed by atoms with Gasteiger partial charge >= 0.3 is 0 Å². The first-order valence-electron chi connectivity index (χ1n) is 7.79. The number of β-amino-alcohol motifs (C(OH)–C–C–N with tert-alkyl or cyclic N) is 1. The Morgan fingerprint density at radius 3 is 2.50 bits per heavy atom. The molecule has 2 atom stereocenters. The molecular formula is C15H30N2O. The third-order valence-corrected chi connectivity index (χ3v) is 4.59. The number of rotatable bonds is 4. The van der Waals surface area contributed by atoms with Crippen LogP contribution in [0.4, 0.5) is 0 Å². The Bertz CT molecular complexity index is 239.